The van der Waals surface area contributed by atoms with Crippen LogP contribution in [0.15, 0.2) is 53.4 Å². The molecule has 0 radical (unpaired) electrons. The molecule has 1 amide bonds. The van der Waals surface area contributed by atoms with Crippen molar-refractivity contribution in [3.05, 3.63) is 84.8 Å². The highest BCUT2D eigenvalue weighted by atomic mass is 35.5. The summed E-state index contributed by atoms with van der Waals surface area (Å²) in [6.07, 6.45) is 0. The SMILES string of the molecule is Cc1ccc(C(=O)N(c2c(Cl)c(Cl)c(O)c(Cl)c2Cl)S(=O)(=O)c2ccc(Cl)cc2)cc1. The molecule has 0 aliphatic rings. The molecule has 1 N–H and O–H groups in total. The second-order valence-electron chi connectivity index (χ2n) is 6.35. The number of phenolic OH excluding ortho intramolecular Hbond substituents is 1. The topological polar surface area (TPSA) is 74.7 Å². The number of benzene rings is 3. The lowest BCUT2D eigenvalue weighted by Crippen LogP contribution is -2.37. The lowest BCUT2D eigenvalue weighted by atomic mass is 10.1. The summed E-state index contributed by atoms with van der Waals surface area (Å²) in [7, 11) is -4.56. The number of carbonyl (C=O) groups excluding carboxylic acids is 1. The minimum absolute atomic E-state index is 0.0376. The highest BCUT2D eigenvalue weighted by Gasteiger charge is 2.37. The van der Waals surface area contributed by atoms with E-state index >= 15 is 0 Å². The molecule has 3 aromatic carbocycles. The smallest absolute Gasteiger partial charge is 0.272 e. The summed E-state index contributed by atoms with van der Waals surface area (Å²) in [4.78, 5) is 13.2. The number of phenols is 1. The Hall–Kier alpha value is -1.67. The first-order chi connectivity index (χ1) is 14.5. The largest absolute Gasteiger partial charge is 0.505 e. The lowest BCUT2D eigenvalue weighted by Gasteiger charge is -2.26. The molecule has 3 rings (SSSR count). The molecule has 0 aliphatic heterocycles. The summed E-state index contributed by atoms with van der Waals surface area (Å²) in [5, 5.41) is 8.45. The van der Waals surface area contributed by atoms with Crippen molar-refractivity contribution in [2.24, 2.45) is 0 Å². The fourth-order valence-corrected chi connectivity index (χ4v) is 5.31. The average molecular weight is 540 g/mol. The van der Waals surface area contributed by atoms with Crippen molar-refractivity contribution in [2.75, 3.05) is 4.31 Å². The Morgan fingerprint density at radius 1 is 0.806 bits per heavy atom. The number of aromatic hydroxyl groups is 1. The first-order valence-electron chi connectivity index (χ1n) is 8.43. The third-order valence-corrected chi connectivity index (χ3v) is 7.87. The quantitative estimate of drug-likeness (QED) is 0.362. The van der Waals surface area contributed by atoms with Crippen molar-refractivity contribution in [1.29, 1.82) is 0 Å². The number of nitrogens with zero attached hydrogens (tertiary/aromatic N) is 1. The molecule has 11 heteroatoms. The van der Waals surface area contributed by atoms with Gasteiger partial charge in [-0.1, -0.05) is 75.7 Å². The maximum atomic E-state index is 13.5. The van der Waals surface area contributed by atoms with Crippen molar-refractivity contribution in [3.8, 4) is 5.75 Å². The molecule has 0 unspecified atom stereocenters. The maximum Gasteiger partial charge on any atom is 0.272 e. The Bertz CT molecular complexity index is 1250. The van der Waals surface area contributed by atoms with Crippen LogP contribution in [0.4, 0.5) is 5.69 Å². The van der Waals surface area contributed by atoms with Crippen LogP contribution in [0.2, 0.25) is 25.1 Å². The fourth-order valence-electron chi connectivity index (χ4n) is 2.64. The Kier molecular flexibility index (Phi) is 7.01. The van der Waals surface area contributed by atoms with Gasteiger partial charge in [-0.2, -0.15) is 4.31 Å². The highest BCUT2D eigenvalue weighted by Crippen LogP contribution is 2.50. The molecule has 0 aromatic heterocycles. The monoisotopic (exact) mass is 537 g/mol. The summed E-state index contributed by atoms with van der Waals surface area (Å²) in [6.45, 7) is 1.81. The van der Waals surface area contributed by atoms with Gasteiger partial charge in [-0.3, -0.25) is 4.79 Å². The van der Waals surface area contributed by atoms with E-state index in [9.17, 15) is 18.3 Å². The number of amides is 1. The normalized spacial score (nSPS) is 11.4. The first-order valence-corrected chi connectivity index (χ1v) is 11.8. The molecule has 31 heavy (non-hydrogen) atoms. The van der Waals surface area contributed by atoms with E-state index in [1.807, 2.05) is 6.92 Å². The Morgan fingerprint density at radius 2 is 1.29 bits per heavy atom. The van der Waals surface area contributed by atoms with E-state index in [-0.39, 0.29) is 10.5 Å². The Labute approximate surface area is 203 Å². The predicted octanol–water partition coefficient (Wildman–Crippen LogP) is 7.00. The summed E-state index contributed by atoms with van der Waals surface area (Å²) in [5.41, 5.74) is 0.405. The van der Waals surface area contributed by atoms with Gasteiger partial charge in [0.1, 0.15) is 15.7 Å². The minimum atomic E-state index is -4.56. The van der Waals surface area contributed by atoms with Crippen molar-refractivity contribution >= 4 is 79.6 Å². The van der Waals surface area contributed by atoms with Gasteiger partial charge in [-0.25, -0.2) is 8.42 Å². The molecule has 0 aliphatic carbocycles. The van der Waals surface area contributed by atoms with E-state index in [1.165, 1.54) is 36.4 Å². The number of sulfonamides is 1. The van der Waals surface area contributed by atoms with Crippen LogP contribution in [-0.4, -0.2) is 19.4 Å². The molecular formula is C20H12Cl5NO4S. The third kappa shape index (κ3) is 4.46. The van der Waals surface area contributed by atoms with Crippen molar-refractivity contribution in [2.45, 2.75) is 11.8 Å². The maximum absolute atomic E-state index is 13.5. The van der Waals surface area contributed by atoms with E-state index in [0.717, 1.165) is 5.56 Å². The van der Waals surface area contributed by atoms with Crippen LogP contribution >= 0.6 is 58.0 Å². The molecule has 0 saturated heterocycles. The molecule has 0 bridgehead atoms. The zero-order valence-electron chi connectivity index (χ0n) is 15.5. The fraction of sp³-hybridized carbons (Fsp3) is 0.0500. The number of aryl methyl sites for hydroxylation is 1. The summed E-state index contributed by atoms with van der Waals surface area (Å²) in [5.74, 6) is -1.61. The molecule has 0 fully saturated rings. The van der Waals surface area contributed by atoms with Gasteiger partial charge >= 0.3 is 0 Å². The zero-order chi connectivity index (χ0) is 23.1. The standard InChI is InChI=1S/C20H12Cl5NO4S/c1-10-2-4-11(5-3-10)20(28)26(31(29,30)13-8-6-12(21)7-9-13)18-14(22)16(24)19(27)17(25)15(18)23/h2-9,27H,1H3. The van der Waals surface area contributed by atoms with Crippen LogP contribution in [0, 0.1) is 6.92 Å². The Balaban J connectivity index is 2.35. The van der Waals surface area contributed by atoms with Gasteiger partial charge in [0.15, 0.2) is 5.75 Å². The number of rotatable bonds is 4. The van der Waals surface area contributed by atoms with Crippen LogP contribution in [0.25, 0.3) is 0 Å². The van der Waals surface area contributed by atoms with Crippen molar-refractivity contribution in [3.63, 3.8) is 0 Å². The van der Waals surface area contributed by atoms with E-state index in [1.54, 1.807) is 12.1 Å². The molecule has 0 spiro atoms. The zero-order valence-corrected chi connectivity index (χ0v) is 20.1. The Morgan fingerprint density at radius 3 is 1.77 bits per heavy atom. The first kappa shape index (κ1) is 24.0. The van der Waals surface area contributed by atoms with E-state index < -0.39 is 47.5 Å². The molecule has 0 saturated carbocycles. The van der Waals surface area contributed by atoms with Crippen LogP contribution < -0.4 is 4.31 Å². The molecular weight excluding hydrogens is 528 g/mol. The van der Waals surface area contributed by atoms with Crippen LogP contribution in [-0.2, 0) is 10.0 Å². The lowest BCUT2D eigenvalue weighted by molar-refractivity contribution is 0.101. The predicted molar refractivity (Wildman–Crippen MR) is 125 cm³/mol. The second kappa shape index (κ2) is 9.06. The van der Waals surface area contributed by atoms with Gasteiger partial charge in [0.25, 0.3) is 15.9 Å². The van der Waals surface area contributed by atoms with Crippen LogP contribution in [0.3, 0.4) is 0 Å². The molecule has 0 heterocycles. The van der Waals surface area contributed by atoms with Crippen molar-refractivity contribution < 1.29 is 18.3 Å². The number of hydrogen-bond donors (Lipinski definition) is 1. The van der Waals surface area contributed by atoms with Gasteiger partial charge in [0, 0.05) is 10.6 Å². The summed E-state index contributed by atoms with van der Waals surface area (Å²) >= 11 is 30.4. The van der Waals surface area contributed by atoms with Gasteiger partial charge in [-0.05, 0) is 43.3 Å². The van der Waals surface area contributed by atoms with Crippen molar-refractivity contribution in [1.82, 2.24) is 0 Å². The third-order valence-electron chi connectivity index (χ3n) is 4.25. The van der Waals surface area contributed by atoms with E-state index in [2.05, 4.69) is 0 Å². The van der Waals surface area contributed by atoms with Crippen LogP contribution in [0.1, 0.15) is 15.9 Å². The van der Waals surface area contributed by atoms with Gasteiger partial charge < -0.3 is 5.11 Å². The molecule has 3 aromatic rings. The minimum Gasteiger partial charge on any atom is -0.505 e. The number of carbonyl (C=O) groups is 1. The molecule has 5 nitrogen and oxygen atoms in total. The summed E-state index contributed by atoms with van der Waals surface area (Å²) in [6, 6.07) is 11.3. The van der Waals surface area contributed by atoms with Crippen LogP contribution in [0.5, 0.6) is 5.75 Å². The van der Waals surface area contributed by atoms with Gasteiger partial charge in [0.2, 0.25) is 0 Å². The highest BCUT2D eigenvalue weighted by molar-refractivity contribution is 7.93. The van der Waals surface area contributed by atoms with E-state index in [4.69, 9.17) is 58.0 Å². The van der Waals surface area contributed by atoms with Gasteiger partial charge in [-0.15, -0.1) is 0 Å². The number of hydrogen-bond acceptors (Lipinski definition) is 4. The van der Waals surface area contributed by atoms with Gasteiger partial charge in [0.05, 0.1) is 14.9 Å². The number of halogens is 5. The summed E-state index contributed by atoms with van der Waals surface area (Å²) < 4.78 is 27.5. The molecule has 162 valence electrons. The molecule has 0 atom stereocenters. The second-order valence-corrected chi connectivity index (χ2v) is 10.1. The number of anilines is 1. The average Bonchev–Trinajstić information content (AvgIpc) is 2.74. The van der Waals surface area contributed by atoms with E-state index in [0.29, 0.717) is 9.33 Å².